The van der Waals surface area contributed by atoms with Crippen molar-refractivity contribution in [3.05, 3.63) is 66.1 Å². The topological polar surface area (TPSA) is 141 Å². The van der Waals surface area contributed by atoms with E-state index in [2.05, 4.69) is 53.1 Å². The van der Waals surface area contributed by atoms with Gasteiger partial charge in [-0.1, -0.05) is 25.0 Å². The molecule has 2 atom stereocenters. The number of rotatable bonds is 9. The summed E-state index contributed by atoms with van der Waals surface area (Å²) in [5.74, 6) is 0.443. The zero-order chi connectivity index (χ0) is 36.5. The van der Waals surface area contributed by atoms with Crippen LogP contribution in [0, 0.1) is 0 Å². The number of carbonyl (C=O) groups excluding carboxylic acids is 3. The molecule has 3 saturated heterocycles. The second kappa shape index (κ2) is 15.1. The van der Waals surface area contributed by atoms with E-state index in [0.29, 0.717) is 36.9 Å². The van der Waals surface area contributed by atoms with Crippen LogP contribution in [0.2, 0.25) is 0 Å². The van der Waals surface area contributed by atoms with Crippen molar-refractivity contribution in [3.8, 4) is 0 Å². The van der Waals surface area contributed by atoms with Gasteiger partial charge in [0.05, 0.1) is 30.5 Å². The quantitative estimate of drug-likeness (QED) is 0.243. The van der Waals surface area contributed by atoms with Gasteiger partial charge in [0.1, 0.15) is 17.2 Å². The highest BCUT2D eigenvalue weighted by Gasteiger charge is 2.30. The molecular formula is C39H48N10O4. The highest BCUT2D eigenvalue weighted by atomic mass is 16.5. The summed E-state index contributed by atoms with van der Waals surface area (Å²) in [5, 5.41) is 6.60. The molecule has 4 fully saturated rings. The molecule has 0 spiro atoms. The minimum Gasteiger partial charge on any atom is -0.373 e. The molecule has 14 heteroatoms. The summed E-state index contributed by atoms with van der Waals surface area (Å²) < 4.78 is 8.34. The summed E-state index contributed by atoms with van der Waals surface area (Å²) in [5.41, 5.74) is 4.60. The third-order valence-corrected chi connectivity index (χ3v) is 11.1. The zero-order valence-corrected chi connectivity index (χ0v) is 30.5. The van der Waals surface area contributed by atoms with Crippen LogP contribution in [0.3, 0.4) is 0 Å². The van der Waals surface area contributed by atoms with Gasteiger partial charge < -0.3 is 29.3 Å². The molecule has 3 aliphatic heterocycles. The van der Waals surface area contributed by atoms with Crippen LogP contribution in [0.15, 0.2) is 54.9 Å². The number of aromatic nitrogens is 4. The first-order valence-electron chi connectivity index (χ1n) is 18.9. The maximum absolute atomic E-state index is 13.1. The number of nitrogens with one attached hydrogen (secondary N) is 2. The fourth-order valence-corrected chi connectivity index (χ4v) is 8.23. The van der Waals surface area contributed by atoms with E-state index in [4.69, 9.17) is 14.7 Å². The highest BCUT2D eigenvalue weighted by Crippen LogP contribution is 2.35. The van der Waals surface area contributed by atoms with Crippen molar-refractivity contribution in [1.29, 1.82) is 0 Å². The van der Waals surface area contributed by atoms with E-state index in [0.717, 1.165) is 99.5 Å². The molecular weight excluding hydrogens is 672 g/mol. The molecule has 2 N–H and O–H groups in total. The van der Waals surface area contributed by atoms with Crippen LogP contribution in [0.5, 0.6) is 0 Å². The van der Waals surface area contributed by atoms with Gasteiger partial charge in [-0.25, -0.2) is 9.97 Å². The Morgan fingerprint density at radius 3 is 2.42 bits per heavy atom. The molecule has 6 heterocycles. The Kier molecular flexibility index (Phi) is 9.97. The van der Waals surface area contributed by atoms with Crippen LogP contribution >= 0.6 is 0 Å². The van der Waals surface area contributed by atoms with Crippen LogP contribution in [0.1, 0.15) is 66.5 Å². The number of ether oxygens (including phenoxy) is 1. The van der Waals surface area contributed by atoms with Crippen LogP contribution in [0.25, 0.3) is 11.0 Å². The van der Waals surface area contributed by atoms with Gasteiger partial charge in [-0.2, -0.15) is 4.98 Å². The van der Waals surface area contributed by atoms with E-state index in [9.17, 15) is 14.4 Å². The van der Waals surface area contributed by atoms with Crippen molar-refractivity contribution in [1.82, 2.24) is 34.6 Å². The average Bonchev–Trinajstić information content (AvgIpc) is 3.84. The standard InChI is InChI=1S/C39H48N10O4/c1-45(2)38(52)33-21-27-22-41-39(44-36(27)49(33)29-5-3-4-6-29)42-34-13-11-30(23-40-34)48-19-20-53-31(25-48)24-46-15-17-47(18-16-46)28-9-7-26(8-10-28)32-12-14-35(50)43-37(32)51/h7-11,13,21-23,29,31-32H,3-6,12,14-20,24-25H2,1-2H3,(H,43,50,51)(H,40,41,42,44)/t31-,32?/m1/s1. The number of hydrogen-bond acceptors (Lipinski definition) is 11. The number of amides is 3. The number of carbonyl (C=O) groups is 3. The number of piperazine rings is 1. The zero-order valence-electron chi connectivity index (χ0n) is 30.5. The van der Waals surface area contributed by atoms with Crippen LogP contribution in [0.4, 0.5) is 23.1 Å². The lowest BCUT2D eigenvalue weighted by molar-refractivity contribution is -0.134. The van der Waals surface area contributed by atoms with Crippen molar-refractivity contribution in [2.24, 2.45) is 0 Å². The molecule has 278 valence electrons. The number of hydrogen-bond donors (Lipinski definition) is 2. The summed E-state index contributed by atoms with van der Waals surface area (Å²) in [6.45, 7) is 6.87. The summed E-state index contributed by atoms with van der Waals surface area (Å²) in [6.07, 6.45) is 9.11. The van der Waals surface area contributed by atoms with Crippen molar-refractivity contribution in [3.63, 3.8) is 0 Å². The number of benzene rings is 1. The Balaban J connectivity index is 0.850. The van der Waals surface area contributed by atoms with Crippen LogP contribution in [-0.2, 0) is 14.3 Å². The maximum atomic E-state index is 13.1. The summed E-state index contributed by atoms with van der Waals surface area (Å²) in [6, 6.07) is 14.4. The molecule has 1 aliphatic carbocycles. The Labute approximate surface area is 309 Å². The number of morpholine rings is 1. The van der Waals surface area contributed by atoms with Gasteiger partial charge in [-0.3, -0.25) is 24.6 Å². The lowest BCUT2D eigenvalue weighted by atomic mass is 9.90. The highest BCUT2D eigenvalue weighted by molar-refractivity contribution is 6.01. The SMILES string of the molecule is CN(C)C(=O)c1cc2cnc(Nc3ccc(N4CCO[C@H](CN5CCN(c6ccc(C7CCC(=O)NC7=O)cc6)CC5)C4)cn3)nc2n1C1CCCC1. The first kappa shape index (κ1) is 35.0. The predicted octanol–water partition coefficient (Wildman–Crippen LogP) is 3.93. The van der Waals surface area contributed by atoms with Crippen molar-refractivity contribution in [2.45, 2.75) is 56.6 Å². The third-order valence-electron chi connectivity index (χ3n) is 11.1. The fraction of sp³-hybridized carbons (Fsp3) is 0.487. The van der Waals surface area contributed by atoms with Gasteiger partial charge in [0, 0.05) is 89.6 Å². The molecule has 4 aromatic rings. The molecule has 3 aromatic heterocycles. The maximum Gasteiger partial charge on any atom is 0.270 e. The lowest BCUT2D eigenvalue weighted by Gasteiger charge is -2.40. The number of imide groups is 1. The smallest absolute Gasteiger partial charge is 0.270 e. The molecule has 0 bridgehead atoms. The molecule has 14 nitrogen and oxygen atoms in total. The van der Waals surface area contributed by atoms with Crippen molar-refractivity contribution >= 4 is 51.9 Å². The largest absolute Gasteiger partial charge is 0.373 e. The number of pyridine rings is 1. The van der Waals surface area contributed by atoms with E-state index in [1.54, 1.807) is 25.2 Å². The van der Waals surface area contributed by atoms with Crippen molar-refractivity contribution < 1.29 is 19.1 Å². The molecule has 1 aromatic carbocycles. The van der Waals surface area contributed by atoms with Gasteiger partial charge in [0.15, 0.2) is 0 Å². The molecule has 0 radical (unpaired) electrons. The Bertz CT molecular complexity index is 1950. The van der Waals surface area contributed by atoms with E-state index in [-0.39, 0.29) is 35.8 Å². The van der Waals surface area contributed by atoms with E-state index < -0.39 is 0 Å². The molecule has 4 aliphatic rings. The van der Waals surface area contributed by atoms with Gasteiger partial charge in [-0.05, 0) is 55.2 Å². The minimum atomic E-state index is -0.258. The van der Waals surface area contributed by atoms with E-state index in [1.807, 2.05) is 30.5 Å². The van der Waals surface area contributed by atoms with Crippen LogP contribution in [-0.4, -0.2) is 120 Å². The van der Waals surface area contributed by atoms with Crippen molar-refractivity contribution in [2.75, 3.05) is 81.6 Å². The summed E-state index contributed by atoms with van der Waals surface area (Å²) in [7, 11) is 3.56. The average molecular weight is 721 g/mol. The first-order chi connectivity index (χ1) is 25.8. The summed E-state index contributed by atoms with van der Waals surface area (Å²) in [4.78, 5) is 59.9. The monoisotopic (exact) mass is 720 g/mol. The second-order valence-electron chi connectivity index (χ2n) is 14.9. The number of anilines is 4. The normalized spacial score (nSPS) is 21.6. The van der Waals surface area contributed by atoms with Gasteiger partial charge >= 0.3 is 0 Å². The second-order valence-corrected chi connectivity index (χ2v) is 14.9. The molecule has 8 rings (SSSR count). The van der Waals surface area contributed by atoms with E-state index >= 15 is 0 Å². The molecule has 1 saturated carbocycles. The van der Waals surface area contributed by atoms with Crippen LogP contribution < -0.4 is 20.4 Å². The number of fused-ring (bicyclic) bond motifs is 1. The van der Waals surface area contributed by atoms with Gasteiger partial charge in [-0.15, -0.1) is 0 Å². The number of nitrogens with zero attached hydrogens (tertiary/aromatic N) is 8. The molecule has 53 heavy (non-hydrogen) atoms. The van der Waals surface area contributed by atoms with E-state index in [1.165, 1.54) is 0 Å². The lowest BCUT2D eigenvalue weighted by Crippen LogP contribution is -2.52. The molecule has 3 amide bonds. The molecule has 1 unspecified atom stereocenters. The Morgan fingerprint density at radius 2 is 1.70 bits per heavy atom. The third kappa shape index (κ3) is 7.56. The Morgan fingerprint density at radius 1 is 0.925 bits per heavy atom. The first-order valence-corrected chi connectivity index (χ1v) is 18.9. The summed E-state index contributed by atoms with van der Waals surface area (Å²) >= 11 is 0. The van der Waals surface area contributed by atoms with Gasteiger partial charge in [0.2, 0.25) is 17.8 Å². The minimum absolute atomic E-state index is 0.0256. The fourth-order valence-electron chi connectivity index (χ4n) is 8.23. The Hall–Kier alpha value is -5.08. The predicted molar refractivity (Wildman–Crippen MR) is 203 cm³/mol. The van der Waals surface area contributed by atoms with Gasteiger partial charge in [0.25, 0.3) is 5.91 Å². The number of piperidine rings is 1.